The Labute approximate surface area is 157 Å². The zero-order valence-electron chi connectivity index (χ0n) is 14.4. The van der Waals surface area contributed by atoms with Crippen molar-refractivity contribution in [2.45, 2.75) is 0 Å². The summed E-state index contributed by atoms with van der Waals surface area (Å²) >= 11 is 6.10. The van der Waals surface area contributed by atoms with Crippen LogP contribution in [0.1, 0.15) is 0 Å². The molecule has 134 valence electrons. The zero-order valence-corrected chi connectivity index (χ0v) is 15.2. The van der Waals surface area contributed by atoms with Gasteiger partial charge in [-0.15, -0.1) is 0 Å². The van der Waals surface area contributed by atoms with Crippen LogP contribution in [0.2, 0.25) is 5.02 Å². The molecule has 2 aliphatic heterocycles. The number of benzene rings is 2. The quantitative estimate of drug-likeness (QED) is 0.700. The number of likely N-dealkylation sites (N-methyl/N-ethyl adjacent to an activating group) is 1. The summed E-state index contributed by atoms with van der Waals surface area (Å²) in [5.41, 5.74) is 2.08. The van der Waals surface area contributed by atoms with Crippen LogP contribution in [0.4, 0.5) is 11.4 Å². The molecule has 0 atom stereocenters. The third-order valence-electron chi connectivity index (χ3n) is 4.53. The second-order valence-electron chi connectivity index (χ2n) is 6.17. The van der Waals surface area contributed by atoms with Crippen LogP contribution in [-0.2, 0) is 0 Å². The van der Waals surface area contributed by atoms with Crippen molar-refractivity contribution >= 4 is 45.5 Å². The van der Waals surface area contributed by atoms with E-state index in [0.29, 0.717) is 44.6 Å². The van der Waals surface area contributed by atoms with E-state index in [0.717, 1.165) is 0 Å². The number of nitrogens with zero attached hydrogens (tertiary/aromatic N) is 3. The monoisotopic (exact) mass is 380 g/mol. The molecular formula is C19H13ClN4O3. The molecular weight excluding hydrogens is 368 g/mol. The van der Waals surface area contributed by atoms with Crippen molar-refractivity contribution in [1.82, 2.24) is 5.01 Å². The molecule has 2 aliphatic rings. The Kier molecular flexibility index (Phi) is 3.29. The number of ether oxygens (including phenoxy) is 1. The summed E-state index contributed by atoms with van der Waals surface area (Å²) < 4.78 is 11.4. The highest BCUT2D eigenvalue weighted by atomic mass is 35.5. The number of hydrogen-bond acceptors (Lipinski definition) is 7. The lowest BCUT2D eigenvalue weighted by atomic mass is 10.2. The number of anilines is 1. The minimum atomic E-state index is -0.319. The van der Waals surface area contributed by atoms with E-state index in [2.05, 4.69) is 15.4 Å². The summed E-state index contributed by atoms with van der Waals surface area (Å²) in [6.07, 6.45) is 0. The predicted molar refractivity (Wildman–Crippen MR) is 103 cm³/mol. The standard InChI is InChI=1S/C19H13ClN4O3/c1-24-19-15(21-12-8-9(20)6-7-11(12)22-19)18-16(25)14(23-24)10-4-3-5-13(26-2)17(10)27-18/h3-8,21H,1-2H3. The lowest BCUT2D eigenvalue weighted by molar-refractivity contribution is 0.406. The molecule has 0 radical (unpaired) electrons. The maximum atomic E-state index is 13.1. The largest absolute Gasteiger partial charge is 0.493 e. The number of amidine groups is 1. The van der Waals surface area contributed by atoms with Gasteiger partial charge in [-0.05, 0) is 30.3 Å². The first-order valence-corrected chi connectivity index (χ1v) is 8.57. The number of para-hydroxylation sites is 1. The molecule has 0 saturated heterocycles. The highest BCUT2D eigenvalue weighted by molar-refractivity contribution is 6.31. The highest BCUT2D eigenvalue weighted by Crippen LogP contribution is 2.34. The summed E-state index contributed by atoms with van der Waals surface area (Å²) in [4.78, 5) is 17.7. The van der Waals surface area contributed by atoms with Gasteiger partial charge in [-0.3, -0.25) is 4.79 Å². The fraction of sp³-hybridized carbons (Fsp3) is 0.105. The molecule has 0 fully saturated rings. The maximum absolute atomic E-state index is 13.1. The third-order valence-corrected chi connectivity index (χ3v) is 4.77. The summed E-state index contributed by atoms with van der Waals surface area (Å²) in [5.74, 6) is 1.00. The van der Waals surface area contributed by atoms with Gasteiger partial charge in [0, 0.05) is 12.1 Å². The van der Waals surface area contributed by atoms with Crippen molar-refractivity contribution in [1.29, 1.82) is 0 Å². The number of methoxy groups -OCH3 is 1. The Hall–Kier alpha value is -3.32. The Bertz CT molecular complexity index is 1340. The maximum Gasteiger partial charge on any atom is 0.251 e. The number of fused-ring (bicyclic) bond motifs is 6. The predicted octanol–water partition coefficient (Wildman–Crippen LogP) is 2.20. The van der Waals surface area contributed by atoms with Gasteiger partial charge < -0.3 is 14.5 Å². The minimum absolute atomic E-state index is 0.125. The van der Waals surface area contributed by atoms with Crippen LogP contribution in [0, 0.1) is 0 Å². The first kappa shape index (κ1) is 15.9. The Balaban J connectivity index is 1.96. The average Bonchev–Trinajstić information content (AvgIpc) is 2.73. The van der Waals surface area contributed by atoms with Gasteiger partial charge >= 0.3 is 0 Å². The molecule has 1 N–H and O–H groups in total. The summed E-state index contributed by atoms with van der Waals surface area (Å²) in [5, 5.41) is 10.7. The van der Waals surface area contributed by atoms with E-state index in [4.69, 9.17) is 20.8 Å². The first-order chi connectivity index (χ1) is 13.1. The Morgan fingerprint density at radius 3 is 2.93 bits per heavy atom. The Morgan fingerprint density at radius 1 is 1.26 bits per heavy atom. The second-order valence-corrected chi connectivity index (χ2v) is 6.60. The topological polar surface area (TPSA) is 79.4 Å². The summed E-state index contributed by atoms with van der Waals surface area (Å²) in [6.45, 7) is 0. The van der Waals surface area contributed by atoms with Crippen molar-refractivity contribution in [3.05, 3.63) is 62.4 Å². The smallest absolute Gasteiger partial charge is 0.251 e. The molecule has 27 heavy (non-hydrogen) atoms. The molecule has 1 aromatic heterocycles. The normalized spacial score (nSPS) is 14.6. The van der Waals surface area contributed by atoms with E-state index >= 15 is 0 Å². The van der Waals surface area contributed by atoms with Gasteiger partial charge in [0.25, 0.3) is 5.43 Å². The molecule has 3 heterocycles. The van der Waals surface area contributed by atoms with Gasteiger partial charge in [0.1, 0.15) is 11.1 Å². The molecule has 0 aliphatic carbocycles. The number of halogens is 1. The van der Waals surface area contributed by atoms with Crippen LogP contribution in [-0.4, -0.2) is 25.0 Å². The Morgan fingerprint density at radius 2 is 2.11 bits per heavy atom. The molecule has 5 rings (SSSR count). The number of aliphatic imine (C=N–C) groups is 1. The van der Waals surface area contributed by atoms with Crippen LogP contribution >= 0.6 is 11.6 Å². The summed E-state index contributed by atoms with van der Waals surface area (Å²) in [6, 6.07) is 10.7. The van der Waals surface area contributed by atoms with Crippen molar-refractivity contribution < 1.29 is 9.15 Å². The van der Waals surface area contributed by atoms with Gasteiger partial charge in [-0.2, -0.15) is 5.10 Å². The van der Waals surface area contributed by atoms with E-state index < -0.39 is 0 Å². The van der Waals surface area contributed by atoms with Gasteiger partial charge in [-0.1, -0.05) is 17.7 Å². The molecule has 0 unspecified atom stereocenters. The van der Waals surface area contributed by atoms with Crippen LogP contribution in [0.15, 0.2) is 55.7 Å². The van der Waals surface area contributed by atoms with E-state index in [9.17, 15) is 4.79 Å². The molecule has 2 bridgehead atoms. The first-order valence-electron chi connectivity index (χ1n) is 8.19. The van der Waals surface area contributed by atoms with Gasteiger partial charge in [0.2, 0.25) is 5.42 Å². The van der Waals surface area contributed by atoms with Gasteiger partial charge in [-0.25, -0.2) is 10.0 Å². The third kappa shape index (κ3) is 2.25. The van der Waals surface area contributed by atoms with Crippen molar-refractivity contribution in [2.24, 2.45) is 10.1 Å². The molecule has 3 aromatic rings. The lowest BCUT2D eigenvalue weighted by Gasteiger charge is -2.23. The highest BCUT2D eigenvalue weighted by Gasteiger charge is 2.26. The molecule has 7 nitrogen and oxygen atoms in total. The second kappa shape index (κ2) is 5.59. The summed E-state index contributed by atoms with van der Waals surface area (Å²) in [7, 11) is 3.29. The van der Waals surface area contributed by atoms with Crippen molar-refractivity contribution in [2.75, 3.05) is 19.5 Å². The molecule has 0 amide bonds. The van der Waals surface area contributed by atoms with E-state index in [1.54, 1.807) is 55.6 Å². The van der Waals surface area contributed by atoms with E-state index in [1.165, 1.54) is 0 Å². The van der Waals surface area contributed by atoms with Gasteiger partial charge in [0.05, 0.1) is 23.9 Å². The molecule has 2 aromatic carbocycles. The number of rotatable bonds is 1. The fourth-order valence-electron chi connectivity index (χ4n) is 3.27. The molecule has 0 saturated carbocycles. The van der Waals surface area contributed by atoms with Crippen molar-refractivity contribution in [3.63, 3.8) is 0 Å². The van der Waals surface area contributed by atoms with E-state index in [-0.39, 0.29) is 16.2 Å². The zero-order chi connectivity index (χ0) is 18.7. The minimum Gasteiger partial charge on any atom is -0.493 e. The number of nitrogens with one attached hydrogen (secondary N) is 1. The number of hydrogen-bond donors (Lipinski definition) is 1. The van der Waals surface area contributed by atoms with E-state index in [1.807, 2.05) is 0 Å². The van der Waals surface area contributed by atoms with Crippen LogP contribution in [0.25, 0.3) is 16.7 Å². The van der Waals surface area contributed by atoms with Crippen LogP contribution in [0.5, 0.6) is 5.75 Å². The fourth-order valence-corrected chi connectivity index (χ4v) is 3.44. The average molecular weight is 381 g/mol. The van der Waals surface area contributed by atoms with Crippen LogP contribution in [0.3, 0.4) is 0 Å². The van der Waals surface area contributed by atoms with Crippen molar-refractivity contribution in [3.8, 4) is 5.75 Å². The lowest BCUT2D eigenvalue weighted by Crippen LogP contribution is -2.40. The molecule has 0 spiro atoms. The van der Waals surface area contributed by atoms with Gasteiger partial charge in [0.15, 0.2) is 17.2 Å². The van der Waals surface area contributed by atoms with Crippen LogP contribution < -0.4 is 26.3 Å². The molecule has 8 heteroatoms. The SMILES string of the molecule is COc1cccc2c3c(=O)c(oc12)=C1Nc2cc(Cl)ccc2N=C1N(C)N=3.